The highest BCUT2D eigenvalue weighted by molar-refractivity contribution is 9.10. The van der Waals surface area contributed by atoms with E-state index in [2.05, 4.69) is 31.5 Å². The lowest BCUT2D eigenvalue weighted by Gasteiger charge is -2.32. The number of piperidine rings is 1. The first-order chi connectivity index (χ1) is 11.6. The van der Waals surface area contributed by atoms with Crippen LogP contribution in [0.4, 0.5) is 5.82 Å². The van der Waals surface area contributed by atoms with Crippen LogP contribution in [0.15, 0.2) is 22.8 Å². The molecule has 3 heterocycles. The molecule has 2 atom stereocenters. The van der Waals surface area contributed by atoms with E-state index < -0.39 is 0 Å². The van der Waals surface area contributed by atoms with Crippen molar-refractivity contribution in [2.45, 2.75) is 38.1 Å². The summed E-state index contributed by atoms with van der Waals surface area (Å²) in [6.07, 6.45) is 6.09. The molecular formula is C17H25BrCl2N4O2. The Hall–Kier alpha value is -0.890. The largest absolute Gasteiger partial charge is 0.342 e. The second-order valence-corrected chi connectivity index (χ2v) is 7.44. The average Bonchev–Trinajstić information content (AvgIpc) is 3.10. The van der Waals surface area contributed by atoms with E-state index >= 15 is 0 Å². The highest BCUT2D eigenvalue weighted by Gasteiger charge is 2.30. The van der Waals surface area contributed by atoms with E-state index in [0.29, 0.717) is 24.8 Å². The zero-order chi connectivity index (χ0) is 16.9. The van der Waals surface area contributed by atoms with Gasteiger partial charge in [0.05, 0.1) is 5.92 Å². The quantitative estimate of drug-likeness (QED) is 0.713. The molecule has 2 fully saturated rings. The second-order valence-electron chi connectivity index (χ2n) is 6.53. The number of halogens is 3. The molecule has 2 aliphatic rings. The van der Waals surface area contributed by atoms with Gasteiger partial charge in [-0.15, -0.1) is 24.8 Å². The summed E-state index contributed by atoms with van der Waals surface area (Å²) in [5.74, 6) is 0.487. The van der Waals surface area contributed by atoms with Crippen molar-refractivity contribution in [2.24, 2.45) is 5.92 Å². The first kappa shape index (κ1) is 23.1. The maximum absolute atomic E-state index is 12.5. The number of hydrogen-bond donors (Lipinski definition) is 2. The summed E-state index contributed by atoms with van der Waals surface area (Å²) in [4.78, 5) is 30.9. The average molecular weight is 468 g/mol. The first-order valence-corrected chi connectivity index (χ1v) is 9.34. The molecule has 0 aliphatic carbocycles. The molecule has 26 heavy (non-hydrogen) atoms. The molecule has 6 nitrogen and oxygen atoms in total. The Morgan fingerprint density at radius 1 is 1.27 bits per heavy atom. The van der Waals surface area contributed by atoms with Gasteiger partial charge in [0, 0.05) is 36.2 Å². The molecule has 0 aromatic carbocycles. The van der Waals surface area contributed by atoms with E-state index in [1.165, 1.54) is 0 Å². The normalized spacial score (nSPS) is 22.1. The number of rotatable bonds is 4. The number of amides is 2. The Labute approximate surface area is 174 Å². The number of carbonyl (C=O) groups excluding carboxylic acids is 2. The molecule has 0 saturated carbocycles. The summed E-state index contributed by atoms with van der Waals surface area (Å²) in [5.41, 5.74) is 0. The van der Waals surface area contributed by atoms with Gasteiger partial charge in [0.15, 0.2) is 0 Å². The van der Waals surface area contributed by atoms with E-state index in [9.17, 15) is 9.59 Å². The van der Waals surface area contributed by atoms with Crippen LogP contribution in [0.2, 0.25) is 0 Å². The van der Waals surface area contributed by atoms with Crippen LogP contribution >= 0.6 is 40.7 Å². The Bertz CT molecular complexity index is 597. The van der Waals surface area contributed by atoms with Gasteiger partial charge in [-0.25, -0.2) is 4.98 Å². The molecule has 3 rings (SSSR count). The number of nitrogens with one attached hydrogen (secondary N) is 2. The Morgan fingerprint density at radius 3 is 2.73 bits per heavy atom. The fourth-order valence-electron chi connectivity index (χ4n) is 3.37. The lowest BCUT2D eigenvalue weighted by Crippen LogP contribution is -2.45. The number of likely N-dealkylation sites (tertiary alicyclic amines) is 1. The molecule has 9 heteroatoms. The van der Waals surface area contributed by atoms with Crippen LogP contribution in [0.1, 0.15) is 32.1 Å². The van der Waals surface area contributed by atoms with E-state index in [1.807, 2.05) is 11.0 Å². The molecule has 146 valence electrons. The van der Waals surface area contributed by atoms with Crippen LogP contribution in [0, 0.1) is 5.92 Å². The van der Waals surface area contributed by atoms with Crippen molar-refractivity contribution in [3.8, 4) is 0 Å². The van der Waals surface area contributed by atoms with Gasteiger partial charge in [-0.1, -0.05) is 0 Å². The van der Waals surface area contributed by atoms with Gasteiger partial charge in [-0.2, -0.15) is 0 Å². The lowest BCUT2D eigenvalue weighted by molar-refractivity contribution is -0.135. The zero-order valence-electron chi connectivity index (χ0n) is 14.4. The Morgan fingerprint density at radius 2 is 2.08 bits per heavy atom. The van der Waals surface area contributed by atoms with E-state index in [0.717, 1.165) is 43.2 Å². The molecular weight excluding hydrogens is 443 g/mol. The molecule has 0 spiro atoms. The second kappa shape index (κ2) is 11.1. The van der Waals surface area contributed by atoms with Gasteiger partial charge in [-0.05, 0) is 60.3 Å². The van der Waals surface area contributed by atoms with Gasteiger partial charge in [0.25, 0.3) is 0 Å². The van der Waals surface area contributed by atoms with Crippen LogP contribution in [0.25, 0.3) is 0 Å². The Balaban J connectivity index is 0.00000169. The lowest BCUT2D eigenvalue weighted by atomic mass is 9.96. The summed E-state index contributed by atoms with van der Waals surface area (Å²) in [7, 11) is 0. The van der Waals surface area contributed by atoms with Crippen LogP contribution in [-0.4, -0.2) is 47.4 Å². The van der Waals surface area contributed by atoms with Gasteiger partial charge >= 0.3 is 0 Å². The molecule has 1 aromatic rings. The predicted octanol–water partition coefficient (Wildman–Crippen LogP) is 3.01. The molecule has 2 N–H and O–H groups in total. The van der Waals surface area contributed by atoms with Crippen LogP contribution in [-0.2, 0) is 9.59 Å². The third-order valence-corrected chi connectivity index (χ3v) is 5.18. The maximum Gasteiger partial charge on any atom is 0.230 e. The van der Waals surface area contributed by atoms with Gasteiger partial charge in [0.2, 0.25) is 11.8 Å². The molecule has 2 saturated heterocycles. The number of carbonyl (C=O) groups is 2. The first-order valence-electron chi connectivity index (χ1n) is 8.55. The van der Waals surface area contributed by atoms with Gasteiger partial charge in [0.1, 0.15) is 5.82 Å². The number of hydrogen-bond acceptors (Lipinski definition) is 4. The van der Waals surface area contributed by atoms with E-state index in [4.69, 9.17) is 0 Å². The van der Waals surface area contributed by atoms with Gasteiger partial charge < -0.3 is 15.5 Å². The van der Waals surface area contributed by atoms with Crippen molar-refractivity contribution in [2.75, 3.05) is 25.0 Å². The fraction of sp³-hybridized carbons (Fsp3) is 0.588. The summed E-state index contributed by atoms with van der Waals surface area (Å²) < 4.78 is 0.871. The smallest absolute Gasteiger partial charge is 0.230 e. The van der Waals surface area contributed by atoms with Crippen molar-refractivity contribution in [1.82, 2.24) is 15.2 Å². The molecule has 2 aliphatic heterocycles. The standard InChI is InChI=1S/C17H23BrN4O2.2ClH/c18-13-5-6-15(20-10-13)21-17(24)12-3-2-8-22(11-12)16(23)9-14-4-1-7-19-14;;/h5-6,10,12,14,19H,1-4,7-9,11H2,(H,20,21,24);2*1H. The summed E-state index contributed by atoms with van der Waals surface area (Å²) in [6.45, 7) is 2.27. The summed E-state index contributed by atoms with van der Waals surface area (Å²) in [5, 5.41) is 6.21. The summed E-state index contributed by atoms with van der Waals surface area (Å²) >= 11 is 3.32. The number of pyridine rings is 1. The number of nitrogens with zero attached hydrogens (tertiary/aromatic N) is 2. The molecule has 2 amide bonds. The SMILES string of the molecule is Cl.Cl.O=C(Nc1ccc(Br)cn1)C1CCCN(C(=O)CC2CCCN2)C1. The van der Waals surface area contributed by atoms with Crippen molar-refractivity contribution in [3.63, 3.8) is 0 Å². The van der Waals surface area contributed by atoms with Crippen molar-refractivity contribution in [3.05, 3.63) is 22.8 Å². The van der Waals surface area contributed by atoms with E-state index in [1.54, 1.807) is 12.3 Å². The van der Waals surface area contributed by atoms with Crippen molar-refractivity contribution in [1.29, 1.82) is 0 Å². The number of aromatic nitrogens is 1. The van der Waals surface area contributed by atoms with E-state index in [-0.39, 0.29) is 42.5 Å². The minimum Gasteiger partial charge on any atom is -0.342 e. The zero-order valence-corrected chi connectivity index (χ0v) is 17.7. The highest BCUT2D eigenvalue weighted by Crippen LogP contribution is 2.20. The maximum atomic E-state index is 12.5. The Kier molecular flexibility index (Phi) is 9.85. The third-order valence-electron chi connectivity index (χ3n) is 4.71. The monoisotopic (exact) mass is 466 g/mol. The van der Waals surface area contributed by atoms with Crippen LogP contribution in [0.3, 0.4) is 0 Å². The van der Waals surface area contributed by atoms with Crippen molar-refractivity contribution >= 4 is 58.4 Å². The molecule has 2 unspecified atom stereocenters. The predicted molar refractivity (Wildman–Crippen MR) is 110 cm³/mol. The third kappa shape index (κ3) is 6.37. The minimum atomic E-state index is -0.162. The highest BCUT2D eigenvalue weighted by atomic mass is 79.9. The topological polar surface area (TPSA) is 74.3 Å². The molecule has 0 radical (unpaired) electrons. The molecule has 1 aromatic heterocycles. The fourth-order valence-corrected chi connectivity index (χ4v) is 3.60. The molecule has 0 bridgehead atoms. The van der Waals surface area contributed by atoms with Crippen LogP contribution < -0.4 is 10.6 Å². The van der Waals surface area contributed by atoms with Gasteiger partial charge in [-0.3, -0.25) is 9.59 Å². The van der Waals surface area contributed by atoms with Crippen LogP contribution in [0.5, 0.6) is 0 Å². The minimum absolute atomic E-state index is 0. The summed E-state index contributed by atoms with van der Waals surface area (Å²) in [6, 6.07) is 3.91. The number of anilines is 1. The van der Waals surface area contributed by atoms with Crippen molar-refractivity contribution < 1.29 is 9.59 Å².